The van der Waals surface area contributed by atoms with E-state index in [0.29, 0.717) is 11.6 Å². The second-order valence-electron chi connectivity index (χ2n) is 4.50. The molecule has 5 heteroatoms. The molecule has 0 saturated heterocycles. The first-order valence-corrected chi connectivity index (χ1v) is 6.62. The van der Waals surface area contributed by atoms with Crippen LogP contribution in [0.1, 0.15) is 25.8 Å². The fourth-order valence-corrected chi connectivity index (χ4v) is 2.00. The Balaban J connectivity index is 2.73. The summed E-state index contributed by atoms with van der Waals surface area (Å²) in [5.41, 5.74) is 0.750. The Kier molecular flexibility index (Phi) is 6.25. The Morgan fingerprint density at radius 3 is 2.74 bits per heavy atom. The molecule has 0 aliphatic rings. The number of hydrogen-bond donors (Lipinski definition) is 1. The average molecular weight is 288 g/mol. The maximum absolute atomic E-state index is 12.9. The minimum Gasteiger partial charge on any atom is -0.468 e. The topological polar surface area (TPSA) is 38.3 Å². The Hall–Kier alpha value is -1.13. The van der Waals surface area contributed by atoms with Crippen LogP contribution in [0, 0.1) is 11.7 Å². The van der Waals surface area contributed by atoms with Gasteiger partial charge in [0.2, 0.25) is 0 Å². The van der Waals surface area contributed by atoms with E-state index >= 15 is 0 Å². The van der Waals surface area contributed by atoms with Crippen LogP contribution in [-0.4, -0.2) is 19.1 Å². The molecule has 0 fully saturated rings. The summed E-state index contributed by atoms with van der Waals surface area (Å²) in [6, 6.07) is 3.82. The highest BCUT2D eigenvalue weighted by atomic mass is 35.5. The van der Waals surface area contributed by atoms with Gasteiger partial charge in [0.05, 0.1) is 7.11 Å². The van der Waals surface area contributed by atoms with Gasteiger partial charge in [-0.05, 0) is 23.6 Å². The molecule has 0 saturated carbocycles. The zero-order valence-corrected chi connectivity index (χ0v) is 12.1. The van der Waals surface area contributed by atoms with Crippen LogP contribution in [0.4, 0.5) is 4.39 Å². The molecule has 0 spiro atoms. The smallest absolute Gasteiger partial charge is 0.323 e. The quantitative estimate of drug-likeness (QED) is 0.817. The first-order chi connectivity index (χ1) is 8.99. The number of hydrogen-bond acceptors (Lipinski definition) is 3. The number of rotatable bonds is 6. The maximum atomic E-state index is 12.9. The molecule has 1 aromatic carbocycles. The molecule has 0 radical (unpaired) electrons. The van der Waals surface area contributed by atoms with Crippen molar-refractivity contribution in [1.82, 2.24) is 5.32 Å². The van der Waals surface area contributed by atoms with Gasteiger partial charge in [-0.15, -0.1) is 0 Å². The molecule has 1 aromatic rings. The van der Waals surface area contributed by atoms with Crippen LogP contribution < -0.4 is 5.32 Å². The molecule has 1 rings (SSSR count). The van der Waals surface area contributed by atoms with E-state index in [-0.39, 0.29) is 17.7 Å². The number of benzene rings is 1. The average Bonchev–Trinajstić information content (AvgIpc) is 2.40. The number of halogens is 2. The van der Waals surface area contributed by atoms with Crippen molar-refractivity contribution in [3.8, 4) is 0 Å². The van der Waals surface area contributed by atoms with Gasteiger partial charge in [0.25, 0.3) is 0 Å². The SMILES string of the molecule is CCC(C)C(NCc1ccc(F)cc1Cl)C(=O)OC. The van der Waals surface area contributed by atoms with Gasteiger partial charge in [-0.2, -0.15) is 0 Å². The van der Waals surface area contributed by atoms with Gasteiger partial charge < -0.3 is 10.1 Å². The van der Waals surface area contributed by atoms with Crippen molar-refractivity contribution in [2.45, 2.75) is 32.9 Å². The normalized spacial score (nSPS) is 13.9. The third kappa shape index (κ3) is 4.48. The first kappa shape index (κ1) is 15.9. The lowest BCUT2D eigenvalue weighted by Gasteiger charge is -2.22. The Morgan fingerprint density at radius 1 is 1.53 bits per heavy atom. The monoisotopic (exact) mass is 287 g/mol. The van der Waals surface area contributed by atoms with Crippen molar-refractivity contribution in [3.05, 3.63) is 34.6 Å². The second-order valence-corrected chi connectivity index (χ2v) is 4.91. The number of nitrogens with one attached hydrogen (secondary N) is 1. The Labute approximate surface area is 118 Å². The van der Waals surface area contributed by atoms with Crippen molar-refractivity contribution in [1.29, 1.82) is 0 Å². The molecule has 0 aromatic heterocycles. The van der Waals surface area contributed by atoms with Gasteiger partial charge in [-0.3, -0.25) is 4.79 Å². The van der Waals surface area contributed by atoms with E-state index in [4.69, 9.17) is 16.3 Å². The van der Waals surface area contributed by atoms with Crippen molar-refractivity contribution >= 4 is 17.6 Å². The Morgan fingerprint density at radius 2 is 2.21 bits per heavy atom. The fourth-order valence-electron chi connectivity index (χ4n) is 1.76. The highest BCUT2D eigenvalue weighted by Crippen LogP contribution is 2.18. The van der Waals surface area contributed by atoms with E-state index < -0.39 is 6.04 Å². The van der Waals surface area contributed by atoms with Crippen LogP contribution in [0.15, 0.2) is 18.2 Å². The molecule has 0 aliphatic heterocycles. The largest absolute Gasteiger partial charge is 0.468 e. The molecule has 1 N–H and O–H groups in total. The van der Waals surface area contributed by atoms with Gasteiger partial charge in [0.15, 0.2) is 0 Å². The molecule has 2 atom stereocenters. The van der Waals surface area contributed by atoms with Crippen LogP contribution in [-0.2, 0) is 16.1 Å². The summed E-state index contributed by atoms with van der Waals surface area (Å²) in [5.74, 6) is -0.528. The third-order valence-electron chi connectivity index (χ3n) is 3.20. The van der Waals surface area contributed by atoms with Gasteiger partial charge in [-0.1, -0.05) is 37.9 Å². The molecule has 0 bridgehead atoms. The summed E-state index contributed by atoms with van der Waals surface area (Å²) in [6.07, 6.45) is 0.851. The van der Waals surface area contributed by atoms with Crippen molar-refractivity contribution in [2.24, 2.45) is 5.92 Å². The van der Waals surface area contributed by atoms with Crippen LogP contribution in [0.5, 0.6) is 0 Å². The molecule has 3 nitrogen and oxygen atoms in total. The lowest BCUT2D eigenvalue weighted by atomic mass is 9.99. The summed E-state index contributed by atoms with van der Waals surface area (Å²) in [6.45, 7) is 4.37. The molecular formula is C14H19ClFNO2. The molecule has 0 amide bonds. The van der Waals surface area contributed by atoms with E-state index in [1.807, 2.05) is 13.8 Å². The van der Waals surface area contributed by atoms with E-state index in [0.717, 1.165) is 12.0 Å². The van der Waals surface area contributed by atoms with Crippen LogP contribution in [0.3, 0.4) is 0 Å². The van der Waals surface area contributed by atoms with Gasteiger partial charge in [0, 0.05) is 11.6 Å². The number of carbonyl (C=O) groups excluding carboxylic acids is 1. The van der Waals surface area contributed by atoms with Crippen molar-refractivity contribution < 1.29 is 13.9 Å². The number of ether oxygens (including phenoxy) is 1. The summed E-state index contributed by atoms with van der Waals surface area (Å²) in [4.78, 5) is 11.7. The van der Waals surface area contributed by atoms with E-state index in [1.54, 1.807) is 6.07 Å². The van der Waals surface area contributed by atoms with Crippen molar-refractivity contribution in [3.63, 3.8) is 0 Å². The molecular weight excluding hydrogens is 269 g/mol. The second kappa shape index (κ2) is 7.46. The number of esters is 1. The van der Waals surface area contributed by atoms with Crippen LogP contribution in [0.2, 0.25) is 5.02 Å². The van der Waals surface area contributed by atoms with E-state index in [9.17, 15) is 9.18 Å². The highest BCUT2D eigenvalue weighted by molar-refractivity contribution is 6.31. The maximum Gasteiger partial charge on any atom is 0.323 e. The highest BCUT2D eigenvalue weighted by Gasteiger charge is 2.24. The third-order valence-corrected chi connectivity index (χ3v) is 3.55. The zero-order valence-electron chi connectivity index (χ0n) is 11.4. The van der Waals surface area contributed by atoms with Crippen molar-refractivity contribution in [2.75, 3.05) is 7.11 Å². The van der Waals surface area contributed by atoms with Gasteiger partial charge in [0.1, 0.15) is 11.9 Å². The lowest BCUT2D eigenvalue weighted by Crippen LogP contribution is -2.42. The minimum absolute atomic E-state index is 0.145. The Bertz CT molecular complexity index is 439. The first-order valence-electron chi connectivity index (χ1n) is 6.24. The predicted molar refractivity (Wildman–Crippen MR) is 73.5 cm³/mol. The predicted octanol–water partition coefficient (Wildman–Crippen LogP) is 3.16. The standard InChI is InChI=1S/C14H19ClFNO2/c1-4-9(2)13(14(18)19-3)17-8-10-5-6-11(16)7-12(10)15/h5-7,9,13,17H,4,8H2,1-3H3. The van der Waals surface area contributed by atoms with Gasteiger partial charge >= 0.3 is 5.97 Å². The lowest BCUT2D eigenvalue weighted by molar-refractivity contribution is -0.144. The summed E-state index contributed by atoms with van der Waals surface area (Å²) in [7, 11) is 1.37. The molecule has 19 heavy (non-hydrogen) atoms. The van der Waals surface area contributed by atoms with Crippen LogP contribution >= 0.6 is 11.6 Å². The molecule has 106 valence electrons. The zero-order chi connectivity index (χ0) is 14.4. The minimum atomic E-state index is -0.392. The van der Waals surface area contributed by atoms with E-state index in [1.165, 1.54) is 19.2 Å². The molecule has 0 heterocycles. The van der Waals surface area contributed by atoms with Crippen LogP contribution in [0.25, 0.3) is 0 Å². The molecule has 0 aliphatic carbocycles. The summed E-state index contributed by atoms with van der Waals surface area (Å²) >= 11 is 5.94. The number of methoxy groups -OCH3 is 1. The molecule has 2 unspecified atom stereocenters. The fraction of sp³-hybridized carbons (Fsp3) is 0.500. The summed E-state index contributed by atoms with van der Waals surface area (Å²) in [5, 5.41) is 3.46. The summed E-state index contributed by atoms with van der Waals surface area (Å²) < 4.78 is 17.7. The van der Waals surface area contributed by atoms with Gasteiger partial charge in [-0.25, -0.2) is 4.39 Å². The number of carbonyl (C=O) groups is 1. The van der Waals surface area contributed by atoms with E-state index in [2.05, 4.69) is 5.32 Å².